The van der Waals surface area contributed by atoms with E-state index in [1.165, 1.54) is 0 Å². The Labute approximate surface area is 69.9 Å². The number of carbonyl (C=O) groups is 2. The van der Waals surface area contributed by atoms with Crippen LogP contribution in [0.15, 0.2) is 0 Å². The molecule has 2 rings (SSSR count). The van der Waals surface area contributed by atoms with E-state index in [0.717, 1.165) is 12.8 Å². The van der Waals surface area contributed by atoms with Crippen LogP contribution in [0.2, 0.25) is 0 Å². The van der Waals surface area contributed by atoms with Crippen LogP contribution in [0.3, 0.4) is 0 Å². The predicted molar refractivity (Wildman–Crippen MR) is 40.0 cm³/mol. The summed E-state index contributed by atoms with van der Waals surface area (Å²) in [7, 11) is 0. The summed E-state index contributed by atoms with van der Waals surface area (Å²) < 4.78 is 0. The summed E-state index contributed by atoms with van der Waals surface area (Å²) in [5.74, 6) is -1.23. The van der Waals surface area contributed by atoms with E-state index in [-0.39, 0.29) is 17.7 Å². The second-order valence-electron chi connectivity index (χ2n) is 3.48. The Morgan fingerprint density at radius 3 is 2.67 bits per heavy atom. The summed E-state index contributed by atoms with van der Waals surface area (Å²) in [5.41, 5.74) is 0. The van der Waals surface area contributed by atoms with Gasteiger partial charge in [0.05, 0.1) is 17.9 Å². The smallest absolute Gasteiger partial charge is 0.233 e. The maximum Gasteiger partial charge on any atom is 0.233 e. The van der Waals surface area contributed by atoms with E-state index in [9.17, 15) is 14.7 Å². The van der Waals surface area contributed by atoms with Gasteiger partial charge in [0.1, 0.15) is 0 Å². The van der Waals surface area contributed by atoms with Crippen LogP contribution in [0, 0.1) is 11.8 Å². The molecular formula is C8H11NO3. The van der Waals surface area contributed by atoms with Crippen molar-refractivity contribution in [3.8, 4) is 0 Å². The first-order valence-corrected chi connectivity index (χ1v) is 4.23. The molecule has 0 aromatic heterocycles. The van der Waals surface area contributed by atoms with Crippen molar-refractivity contribution in [3.63, 3.8) is 0 Å². The third-order valence-electron chi connectivity index (χ3n) is 2.75. The lowest BCUT2D eigenvalue weighted by molar-refractivity contribution is -0.127. The Balaban J connectivity index is 2.24. The summed E-state index contributed by atoms with van der Waals surface area (Å²) >= 11 is 0. The summed E-state index contributed by atoms with van der Waals surface area (Å²) in [4.78, 5) is 22.3. The fraction of sp³-hybridized carbons (Fsp3) is 0.750. The van der Waals surface area contributed by atoms with Crippen molar-refractivity contribution < 1.29 is 14.7 Å². The number of nitrogens with one attached hydrogen (secondary N) is 1. The van der Waals surface area contributed by atoms with E-state index in [0.29, 0.717) is 6.42 Å². The first-order valence-electron chi connectivity index (χ1n) is 4.23. The molecule has 0 bridgehead atoms. The number of aliphatic hydroxyl groups excluding tert-OH is 1. The number of rotatable bonds is 0. The first-order chi connectivity index (χ1) is 5.70. The molecule has 0 radical (unpaired) electrons. The van der Waals surface area contributed by atoms with Crippen molar-refractivity contribution in [3.05, 3.63) is 0 Å². The molecule has 0 spiro atoms. The number of aliphatic hydroxyl groups is 1. The second kappa shape index (κ2) is 2.55. The number of imide groups is 1. The zero-order valence-corrected chi connectivity index (χ0v) is 6.62. The monoisotopic (exact) mass is 169 g/mol. The average molecular weight is 169 g/mol. The van der Waals surface area contributed by atoms with Crippen LogP contribution in [0.1, 0.15) is 19.3 Å². The highest BCUT2D eigenvalue weighted by Crippen LogP contribution is 2.33. The highest BCUT2D eigenvalue weighted by molar-refractivity contribution is 6.05. The molecule has 1 saturated heterocycles. The standard InChI is InChI=1S/C8H11NO3/c10-5-3-1-2-4-6(5)8(12)9-7(4)11/h4-6,10H,1-3H2,(H,9,11,12)/t4-,5-,6-/m0/s1. The SMILES string of the molecule is O=C1NC(=O)[C@H]2CCC[C@H](O)[C@@H]12. The molecule has 0 unspecified atom stereocenters. The van der Waals surface area contributed by atoms with Crippen molar-refractivity contribution in [2.75, 3.05) is 0 Å². The average Bonchev–Trinajstić information content (AvgIpc) is 2.29. The lowest BCUT2D eigenvalue weighted by atomic mass is 9.79. The molecule has 12 heavy (non-hydrogen) atoms. The molecule has 2 amide bonds. The minimum absolute atomic E-state index is 0.205. The molecule has 1 saturated carbocycles. The van der Waals surface area contributed by atoms with Gasteiger partial charge in [0.2, 0.25) is 11.8 Å². The maximum atomic E-state index is 11.1. The summed E-state index contributed by atoms with van der Waals surface area (Å²) in [6.07, 6.45) is 1.60. The fourth-order valence-electron chi connectivity index (χ4n) is 2.12. The molecule has 0 aromatic rings. The zero-order valence-electron chi connectivity index (χ0n) is 6.62. The van der Waals surface area contributed by atoms with Gasteiger partial charge in [-0.2, -0.15) is 0 Å². The van der Waals surface area contributed by atoms with Crippen LogP contribution in [-0.4, -0.2) is 23.0 Å². The van der Waals surface area contributed by atoms with Crippen LogP contribution < -0.4 is 5.32 Å². The Morgan fingerprint density at radius 2 is 2.00 bits per heavy atom. The topological polar surface area (TPSA) is 66.4 Å². The van der Waals surface area contributed by atoms with Crippen molar-refractivity contribution >= 4 is 11.8 Å². The van der Waals surface area contributed by atoms with Gasteiger partial charge in [0.25, 0.3) is 0 Å². The van der Waals surface area contributed by atoms with Gasteiger partial charge >= 0.3 is 0 Å². The number of hydrogen-bond donors (Lipinski definition) is 2. The molecule has 66 valence electrons. The van der Waals surface area contributed by atoms with Gasteiger partial charge in [-0.15, -0.1) is 0 Å². The number of fused-ring (bicyclic) bond motifs is 1. The maximum absolute atomic E-state index is 11.1. The summed E-state index contributed by atoms with van der Waals surface area (Å²) in [6.45, 7) is 0. The Kier molecular flexibility index (Phi) is 1.65. The Morgan fingerprint density at radius 1 is 1.25 bits per heavy atom. The quantitative estimate of drug-likeness (QED) is 0.477. The summed E-state index contributed by atoms with van der Waals surface area (Å²) in [6, 6.07) is 0. The molecule has 2 N–H and O–H groups in total. The number of carbonyl (C=O) groups excluding carboxylic acids is 2. The van der Waals surface area contributed by atoms with Crippen molar-refractivity contribution in [1.82, 2.24) is 5.32 Å². The molecule has 1 heterocycles. The van der Waals surface area contributed by atoms with E-state index in [2.05, 4.69) is 5.32 Å². The Hall–Kier alpha value is -0.900. The van der Waals surface area contributed by atoms with Crippen molar-refractivity contribution in [1.29, 1.82) is 0 Å². The largest absolute Gasteiger partial charge is 0.392 e. The molecule has 1 aliphatic heterocycles. The minimum atomic E-state index is -0.616. The molecule has 2 fully saturated rings. The number of amides is 2. The molecule has 4 nitrogen and oxygen atoms in total. The lowest BCUT2D eigenvalue weighted by Crippen LogP contribution is -2.34. The van der Waals surface area contributed by atoms with E-state index in [1.54, 1.807) is 0 Å². The molecule has 4 heteroatoms. The highest BCUT2D eigenvalue weighted by Gasteiger charge is 2.47. The van der Waals surface area contributed by atoms with Crippen LogP contribution in [-0.2, 0) is 9.59 Å². The minimum Gasteiger partial charge on any atom is -0.392 e. The fourth-order valence-corrected chi connectivity index (χ4v) is 2.12. The van der Waals surface area contributed by atoms with Crippen molar-refractivity contribution in [2.24, 2.45) is 11.8 Å². The van der Waals surface area contributed by atoms with Gasteiger partial charge in [-0.1, -0.05) is 6.42 Å². The van der Waals surface area contributed by atoms with Gasteiger partial charge in [-0.05, 0) is 12.8 Å². The van der Waals surface area contributed by atoms with Gasteiger partial charge in [-0.3, -0.25) is 14.9 Å². The zero-order chi connectivity index (χ0) is 8.72. The van der Waals surface area contributed by atoms with Crippen LogP contribution in [0.5, 0.6) is 0 Å². The second-order valence-corrected chi connectivity index (χ2v) is 3.48. The van der Waals surface area contributed by atoms with Gasteiger partial charge < -0.3 is 5.11 Å². The van der Waals surface area contributed by atoms with Crippen LogP contribution in [0.25, 0.3) is 0 Å². The molecule has 2 aliphatic rings. The lowest BCUT2D eigenvalue weighted by Gasteiger charge is -2.25. The van der Waals surface area contributed by atoms with E-state index in [4.69, 9.17) is 0 Å². The molecule has 3 atom stereocenters. The van der Waals surface area contributed by atoms with E-state index in [1.807, 2.05) is 0 Å². The third-order valence-corrected chi connectivity index (χ3v) is 2.75. The predicted octanol–water partition coefficient (Wildman–Crippen LogP) is -0.580. The molecule has 1 aliphatic carbocycles. The van der Waals surface area contributed by atoms with Crippen LogP contribution in [0.4, 0.5) is 0 Å². The Bertz CT molecular complexity index is 238. The van der Waals surface area contributed by atoms with Crippen molar-refractivity contribution in [2.45, 2.75) is 25.4 Å². The first kappa shape index (κ1) is 7.73. The number of hydrogen-bond acceptors (Lipinski definition) is 3. The highest BCUT2D eigenvalue weighted by atomic mass is 16.3. The van der Waals surface area contributed by atoms with Crippen LogP contribution >= 0.6 is 0 Å². The third kappa shape index (κ3) is 0.948. The normalized spacial score (nSPS) is 40.9. The van der Waals surface area contributed by atoms with Gasteiger partial charge in [0, 0.05) is 0 Å². The van der Waals surface area contributed by atoms with E-state index < -0.39 is 12.0 Å². The summed E-state index contributed by atoms with van der Waals surface area (Å²) in [5, 5.41) is 11.7. The molecule has 0 aromatic carbocycles. The van der Waals surface area contributed by atoms with Gasteiger partial charge in [-0.25, -0.2) is 0 Å². The van der Waals surface area contributed by atoms with Gasteiger partial charge in [0.15, 0.2) is 0 Å². The van der Waals surface area contributed by atoms with E-state index >= 15 is 0 Å². The molecular weight excluding hydrogens is 158 g/mol.